The van der Waals surface area contributed by atoms with Crippen LogP contribution in [0.3, 0.4) is 0 Å². The lowest BCUT2D eigenvalue weighted by Gasteiger charge is -2.43. The van der Waals surface area contributed by atoms with Gasteiger partial charge in [-0.2, -0.15) is 0 Å². The van der Waals surface area contributed by atoms with Crippen LogP contribution in [-0.2, 0) is 21.6 Å². The van der Waals surface area contributed by atoms with Gasteiger partial charge in [0.15, 0.2) is 0 Å². The molecule has 96 valence electrons. The van der Waals surface area contributed by atoms with Gasteiger partial charge >= 0.3 is 5.97 Å². The number of nitrogens with one attached hydrogen (secondary N) is 1. The van der Waals surface area contributed by atoms with Crippen LogP contribution in [0.2, 0.25) is 0 Å². The average Bonchev–Trinajstić information content (AvgIpc) is 2.30. The van der Waals surface area contributed by atoms with Crippen LogP contribution >= 0.6 is 0 Å². The lowest BCUT2D eigenvalue weighted by Crippen LogP contribution is -2.49. The Morgan fingerprint density at radius 1 is 1.44 bits per heavy atom. The van der Waals surface area contributed by atoms with Crippen LogP contribution in [0.4, 0.5) is 0 Å². The highest BCUT2D eigenvalue weighted by molar-refractivity contribution is 5.76. The lowest BCUT2D eigenvalue weighted by molar-refractivity contribution is -0.167. The van der Waals surface area contributed by atoms with Crippen molar-refractivity contribution in [2.24, 2.45) is 0 Å². The van der Waals surface area contributed by atoms with Crippen molar-refractivity contribution in [1.82, 2.24) is 5.32 Å². The first-order chi connectivity index (χ1) is 8.59. The molecular weight excluding hydrogens is 226 g/mol. The number of aryl methyl sites for hydroxylation is 1. The smallest absolute Gasteiger partial charge is 0.311 e. The van der Waals surface area contributed by atoms with Crippen molar-refractivity contribution >= 4 is 5.97 Å². The average molecular weight is 245 g/mol. The van der Waals surface area contributed by atoms with Gasteiger partial charge in [-0.25, -0.2) is 0 Å². The van der Waals surface area contributed by atoms with Gasteiger partial charge in [-0.05, 0) is 31.5 Å². The predicted octanol–water partition coefficient (Wildman–Crippen LogP) is 2.06. The minimum Gasteiger partial charge on any atom is -0.454 e. The number of hydrogen-bond donors (Lipinski definition) is 1. The highest BCUT2D eigenvalue weighted by atomic mass is 16.6. The number of rotatable bonds is 0. The SMILES string of the molecule is Cc1ccc2c(c1)C1(CCNC(C)C1)OC(=O)C2. The van der Waals surface area contributed by atoms with E-state index in [1.165, 1.54) is 11.1 Å². The maximum atomic E-state index is 11.8. The van der Waals surface area contributed by atoms with E-state index in [1.54, 1.807) is 0 Å². The molecule has 0 radical (unpaired) electrons. The van der Waals surface area contributed by atoms with Crippen molar-refractivity contribution in [1.29, 1.82) is 0 Å². The van der Waals surface area contributed by atoms with Crippen LogP contribution in [-0.4, -0.2) is 18.6 Å². The summed E-state index contributed by atoms with van der Waals surface area (Å²) in [5, 5.41) is 3.42. The molecular formula is C15H19NO2. The molecule has 1 aromatic carbocycles. The van der Waals surface area contributed by atoms with E-state index in [4.69, 9.17) is 4.74 Å². The van der Waals surface area contributed by atoms with Gasteiger partial charge in [-0.1, -0.05) is 23.8 Å². The highest BCUT2D eigenvalue weighted by Gasteiger charge is 2.44. The predicted molar refractivity (Wildman–Crippen MR) is 69.4 cm³/mol. The Bertz CT molecular complexity index is 497. The number of carbonyl (C=O) groups is 1. The van der Waals surface area contributed by atoms with E-state index in [0.29, 0.717) is 12.5 Å². The quantitative estimate of drug-likeness (QED) is 0.711. The van der Waals surface area contributed by atoms with E-state index in [2.05, 4.69) is 37.4 Å². The summed E-state index contributed by atoms with van der Waals surface area (Å²) in [7, 11) is 0. The fourth-order valence-corrected chi connectivity index (χ4v) is 3.26. The third kappa shape index (κ3) is 1.83. The highest BCUT2D eigenvalue weighted by Crippen LogP contribution is 2.42. The Morgan fingerprint density at radius 3 is 3.06 bits per heavy atom. The van der Waals surface area contributed by atoms with Gasteiger partial charge in [0.05, 0.1) is 6.42 Å². The molecule has 2 aliphatic rings. The molecule has 1 spiro atoms. The van der Waals surface area contributed by atoms with Gasteiger partial charge in [0, 0.05) is 18.9 Å². The number of hydrogen-bond acceptors (Lipinski definition) is 3. The van der Waals surface area contributed by atoms with E-state index >= 15 is 0 Å². The Labute approximate surface area is 108 Å². The molecule has 0 amide bonds. The number of fused-ring (bicyclic) bond motifs is 2. The topological polar surface area (TPSA) is 38.3 Å². The van der Waals surface area contributed by atoms with Gasteiger partial charge in [-0.3, -0.25) is 4.79 Å². The van der Waals surface area contributed by atoms with Gasteiger partial charge in [0.1, 0.15) is 5.60 Å². The maximum Gasteiger partial charge on any atom is 0.311 e. The first-order valence-electron chi connectivity index (χ1n) is 6.64. The number of ether oxygens (including phenoxy) is 1. The molecule has 0 saturated carbocycles. The first-order valence-corrected chi connectivity index (χ1v) is 6.64. The Kier molecular flexibility index (Phi) is 2.67. The van der Waals surface area contributed by atoms with Gasteiger partial charge < -0.3 is 10.1 Å². The van der Waals surface area contributed by atoms with Crippen LogP contribution in [0.25, 0.3) is 0 Å². The van der Waals surface area contributed by atoms with Crippen LogP contribution < -0.4 is 5.32 Å². The van der Waals surface area contributed by atoms with Crippen LogP contribution in [0.5, 0.6) is 0 Å². The van der Waals surface area contributed by atoms with Crippen molar-refractivity contribution in [3.8, 4) is 0 Å². The van der Waals surface area contributed by atoms with E-state index < -0.39 is 0 Å². The number of esters is 1. The second-order valence-corrected chi connectivity index (χ2v) is 5.62. The molecule has 2 atom stereocenters. The summed E-state index contributed by atoms with van der Waals surface area (Å²) in [5.41, 5.74) is 3.22. The largest absolute Gasteiger partial charge is 0.454 e. The van der Waals surface area contributed by atoms with E-state index in [1.807, 2.05) is 0 Å². The fourth-order valence-electron chi connectivity index (χ4n) is 3.26. The van der Waals surface area contributed by atoms with Crippen LogP contribution in [0.1, 0.15) is 36.5 Å². The van der Waals surface area contributed by atoms with Crippen molar-refractivity contribution in [2.75, 3.05) is 6.54 Å². The minimum atomic E-state index is -0.388. The van der Waals surface area contributed by atoms with E-state index in [9.17, 15) is 4.79 Å². The van der Waals surface area contributed by atoms with Crippen molar-refractivity contribution < 1.29 is 9.53 Å². The van der Waals surface area contributed by atoms with E-state index in [0.717, 1.165) is 24.9 Å². The molecule has 3 rings (SSSR count). The monoisotopic (exact) mass is 245 g/mol. The Hall–Kier alpha value is -1.35. The molecule has 0 aliphatic carbocycles. The zero-order valence-corrected chi connectivity index (χ0v) is 11.0. The summed E-state index contributed by atoms with van der Waals surface area (Å²) in [4.78, 5) is 11.8. The summed E-state index contributed by atoms with van der Waals surface area (Å²) in [5.74, 6) is -0.0829. The third-order valence-electron chi connectivity index (χ3n) is 4.06. The molecule has 3 heteroatoms. The second kappa shape index (κ2) is 4.09. The molecule has 2 unspecified atom stereocenters. The van der Waals surface area contributed by atoms with Crippen LogP contribution in [0.15, 0.2) is 18.2 Å². The zero-order valence-electron chi connectivity index (χ0n) is 11.0. The molecule has 2 heterocycles. The minimum absolute atomic E-state index is 0.0829. The third-order valence-corrected chi connectivity index (χ3v) is 4.06. The molecule has 1 fully saturated rings. The number of carbonyl (C=O) groups excluding carboxylic acids is 1. The van der Waals surface area contributed by atoms with Crippen LogP contribution in [0, 0.1) is 6.92 Å². The van der Waals surface area contributed by atoms with Gasteiger partial charge in [0.25, 0.3) is 0 Å². The molecule has 1 saturated heterocycles. The van der Waals surface area contributed by atoms with Crippen molar-refractivity contribution in [2.45, 2.75) is 44.8 Å². The zero-order chi connectivity index (χ0) is 12.8. The molecule has 1 aromatic rings. The summed E-state index contributed by atoms with van der Waals surface area (Å²) in [6.07, 6.45) is 2.16. The standard InChI is InChI=1S/C15H19NO2/c1-10-3-4-12-8-14(17)18-15(13(12)7-10)5-6-16-11(2)9-15/h3-4,7,11,16H,5-6,8-9H2,1-2H3. The molecule has 1 N–H and O–H groups in total. The Balaban J connectivity index is 2.10. The molecule has 3 nitrogen and oxygen atoms in total. The van der Waals surface area contributed by atoms with Gasteiger partial charge in [0.2, 0.25) is 0 Å². The first kappa shape index (κ1) is 11.7. The number of piperidine rings is 1. The summed E-state index contributed by atoms with van der Waals surface area (Å²) in [6, 6.07) is 6.74. The number of benzene rings is 1. The summed E-state index contributed by atoms with van der Waals surface area (Å²) < 4.78 is 5.79. The van der Waals surface area contributed by atoms with Crippen molar-refractivity contribution in [3.05, 3.63) is 34.9 Å². The summed E-state index contributed by atoms with van der Waals surface area (Å²) in [6.45, 7) is 5.15. The molecule has 18 heavy (non-hydrogen) atoms. The molecule has 0 aromatic heterocycles. The lowest BCUT2D eigenvalue weighted by atomic mass is 9.77. The Morgan fingerprint density at radius 2 is 2.28 bits per heavy atom. The van der Waals surface area contributed by atoms with Gasteiger partial charge in [-0.15, -0.1) is 0 Å². The fraction of sp³-hybridized carbons (Fsp3) is 0.533. The molecule has 2 aliphatic heterocycles. The van der Waals surface area contributed by atoms with Crippen molar-refractivity contribution in [3.63, 3.8) is 0 Å². The summed E-state index contributed by atoms with van der Waals surface area (Å²) >= 11 is 0. The van der Waals surface area contributed by atoms with E-state index in [-0.39, 0.29) is 11.6 Å². The second-order valence-electron chi connectivity index (χ2n) is 5.62. The normalized spacial score (nSPS) is 31.0. The maximum absolute atomic E-state index is 11.8. The molecule has 0 bridgehead atoms.